The molecule has 5 rings (SSSR count). The first-order valence-electron chi connectivity index (χ1n) is 9.90. The van der Waals surface area contributed by atoms with Gasteiger partial charge in [-0.2, -0.15) is 0 Å². The quantitative estimate of drug-likeness (QED) is 0.776. The summed E-state index contributed by atoms with van der Waals surface area (Å²) >= 11 is 1.74. The number of carbonyl (C=O) groups excluding carboxylic acids is 1. The van der Waals surface area contributed by atoms with Crippen LogP contribution in [0.2, 0.25) is 0 Å². The third-order valence-electron chi connectivity index (χ3n) is 6.36. The van der Waals surface area contributed by atoms with Crippen molar-refractivity contribution in [2.75, 3.05) is 45.9 Å². The molecule has 4 heterocycles. The first kappa shape index (κ1) is 17.1. The molecule has 0 aromatic carbocycles. The van der Waals surface area contributed by atoms with E-state index in [2.05, 4.69) is 21.7 Å². The van der Waals surface area contributed by atoms with Crippen molar-refractivity contribution in [2.45, 2.75) is 44.4 Å². The van der Waals surface area contributed by atoms with Crippen LogP contribution in [-0.4, -0.2) is 83.1 Å². The van der Waals surface area contributed by atoms with Crippen LogP contribution in [0.25, 0.3) is 0 Å². The van der Waals surface area contributed by atoms with Crippen LogP contribution in [0.5, 0.6) is 0 Å². The van der Waals surface area contributed by atoms with E-state index >= 15 is 0 Å². The minimum Gasteiger partial charge on any atom is -0.369 e. The zero-order valence-corrected chi connectivity index (χ0v) is 16.3. The van der Waals surface area contributed by atoms with Crippen molar-refractivity contribution in [1.82, 2.24) is 19.7 Å². The number of aromatic nitrogens is 1. The van der Waals surface area contributed by atoms with Crippen molar-refractivity contribution < 1.29 is 9.53 Å². The lowest BCUT2D eigenvalue weighted by Crippen LogP contribution is -2.73. The van der Waals surface area contributed by atoms with E-state index < -0.39 is 0 Å². The molecule has 7 heteroatoms. The molecule has 0 N–H and O–H groups in total. The van der Waals surface area contributed by atoms with Crippen LogP contribution < -0.4 is 0 Å². The van der Waals surface area contributed by atoms with Gasteiger partial charge in [0.2, 0.25) is 5.91 Å². The lowest BCUT2D eigenvalue weighted by atomic mass is 9.89. The van der Waals surface area contributed by atoms with Crippen molar-refractivity contribution in [2.24, 2.45) is 5.92 Å². The minimum atomic E-state index is -0.0702. The van der Waals surface area contributed by atoms with E-state index in [-0.39, 0.29) is 11.6 Å². The number of ether oxygens (including phenoxy) is 1. The Morgan fingerprint density at radius 1 is 1.35 bits per heavy atom. The molecule has 0 bridgehead atoms. The average molecular weight is 377 g/mol. The van der Waals surface area contributed by atoms with Crippen LogP contribution >= 0.6 is 11.3 Å². The summed E-state index contributed by atoms with van der Waals surface area (Å²) in [4.78, 5) is 25.4. The maximum Gasteiger partial charge on any atom is 0.242 e. The summed E-state index contributed by atoms with van der Waals surface area (Å²) in [5, 5.41) is 0. The second-order valence-electron chi connectivity index (χ2n) is 8.57. The highest BCUT2D eigenvalue weighted by atomic mass is 32.1. The molecule has 1 spiro atoms. The molecule has 1 atom stereocenters. The van der Waals surface area contributed by atoms with E-state index in [1.54, 1.807) is 11.3 Å². The van der Waals surface area contributed by atoms with Crippen LogP contribution in [-0.2, 0) is 16.1 Å². The standard InChI is InChI=1S/C19H28N4O2S/c1-14-17(26-13-20-14)8-21-10-19(11-21)12-23(7-15-3-4-15)16(9-25-19)18(24)22-5-2-6-22/h13,15-16H,2-12H2,1H3/t16-/m1/s1. The van der Waals surface area contributed by atoms with Crippen LogP contribution in [0.4, 0.5) is 0 Å². The van der Waals surface area contributed by atoms with Gasteiger partial charge in [-0.25, -0.2) is 4.98 Å². The number of likely N-dealkylation sites (tertiary alicyclic amines) is 2. The number of rotatable bonds is 5. The van der Waals surface area contributed by atoms with E-state index in [1.165, 1.54) is 17.7 Å². The third kappa shape index (κ3) is 3.19. The molecule has 3 saturated heterocycles. The van der Waals surface area contributed by atoms with Gasteiger partial charge < -0.3 is 9.64 Å². The summed E-state index contributed by atoms with van der Waals surface area (Å²) in [6.45, 7) is 9.40. The van der Waals surface area contributed by atoms with Crippen molar-refractivity contribution in [3.63, 3.8) is 0 Å². The minimum absolute atomic E-state index is 0.0562. The monoisotopic (exact) mass is 376 g/mol. The molecular weight excluding hydrogens is 348 g/mol. The molecule has 1 aromatic rings. The zero-order chi connectivity index (χ0) is 17.7. The number of hydrogen-bond acceptors (Lipinski definition) is 6. The van der Waals surface area contributed by atoms with Gasteiger partial charge in [-0.15, -0.1) is 11.3 Å². The number of thiazole rings is 1. The van der Waals surface area contributed by atoms with E-state index in [9.17, 15) is 4.79 Å². The Balaban J connectivity index is 1.22. The molecule has 26 heavy (non-hydrogen) atoms. The number of morpholine rings is 1. The smallest absolute Gasteiger partial charge is 0.242 e. The summed E-state index contributed by atoms with van der Waals surface area (Å²) in [6, 6.07) is -0.0562. The summed E-state index contributed by atoms with van der Waals surface area (Å²) in [7, 11) is 0. The van der Waals surface area contributed by atoms with Gasteiger partial charge in [0.25, 0.3) is 0 Å². The number of nitrogens with zero attached hydrogens (tertiary/aromatic N) is 4. The molecule has 0 unspecified atom stereocenters. The highest BCUT2D eigenvalue weighted by Crippen LogP contribution is 2.37. The van der Waals surface area contributed by atoms with Crippen molar-refractivity contribution >= 4 is 17.2 Å². The Labute approximate surface area is 159 Å². The van der Waals surface area contributed by atoms with Gasteiger partial charge in [-0.3, -0.25) is 14.6 Å². The lowest BCUT2D eigenvalue weighted by molar-refractivity contribution is -0.206. The average Bonchev–Trinajstić information content (AvgIpc) is 3.26. The molecule has 1 aliphatic carbocycles. The number of carbonyl (C=O) groups is 1. The fourth-order valence-electron chi connectivity index (χ4n) is 4.44. The number of hydrogen-bond donors (Lipinski definition) is 0. The highest BCUT2D eigenvalue weighted by Gasteiger charge is 2.51. The Hall–Kier alpha value is -1.02. The lowest BCUT2D eigenvalue weighted by Gasteiger charge is -2.56. The summed E-state index contributed by atoms with van der Waals surface area (Å²) in [5.74, 6) is 1.09. The summed E-state index contributed by atoms with van der Waals surface area (Å²) in [6.07, 6.45) is 3.80. The maximum atomic E-state index is 12.8. The van der Waals surface area contributed by atoms with E-state index in [1.807, 2.05) is 10.4 Å². The molecule has 1 amide bonds. The Kier molecular flexibility index (Phi) is 4.31. The summed E-state index contributed by atoms with van der Waals surface area (Å²) < 4.78 is 6.32. The first-order chi connectivity index (χ1) is 12.6. The van der Waals surface area contributed by atoms with Crippen LogP contribution in [0.3, 0.4) is 0 Å². The summed E-state index contributed by atoms with van der Waals surface area (Å²) in [5.41, 5.74) is 3.01. The van der Waals surface area contributed by atoms with Crippen molar-refractivity contribution in [3.05, 3.63) is 16.1 Å². The number of aryl methyl sites for hydroxylation is 1. The van der Waals surface area contributed by atoms with Gasteiger partial charge in [0.05, 0.1) is 17.8 Å². The van der Waals surface area contributed by atoms with Crippen LogP contribution in [0.1, 0.15) is 29.8 Å². The van der Waals surface area contributed by atoms with Gasteiger partial charge in [-0.1, -0.05) is 0 Å². The molecule has 4 fully saturated rings. The zero-order valence-electron chi connectivity index (χ0n) is 15.5. The fraction of sp³-hybridized carbons (Fsp3) is 0.789. The van der Waals surface area contributed by atoms with E-state index in [4.69, 9.17) is 4.74 Å². The molecule has 0 radical (unpaired) electrons. The molecule has 4 aliphatic rings. The van der Waals surface area contributed by atoms with Crippen molar-refractivity contribution in [3.8, 4) is 0 Å². The molecular formula is C19H28N4O2S. The van der Waals surface area contributed by atoms with Gasteiger partial charge in [0.15, 0.2) is 0 Å². The molecule has 1 saturated carbocycles. The fourth-order valence-corrected chi connectivity index (χ4v) is 5.26. The van der Waals surface area contributed by atoms with Crippen LogP contribution in [0.15, 0.2) is 5.51 Å². The van der Waals surface area contributed by atoms with Gasteiger partial charge in [0, 0.05) is 50.7 Å². The highest BCUT2D eigenvalue weighted by molar-refractivity contribution is 7.09. The topological polar surface area (TPSA) is 48.9 Å². The van der Waals surface area contributed by atoms with Gasteiger partial charge >= 0.3 is 0 Å². The van der Waals surface area contributed by atoms with Gasteiger partial charge in [-0.05, 0) is 32.1 Å². The molecule has 3 aliphatic heterocycles. The Bertz CT molecular complexity index is 679. The number of amides is 1. The molecule has 6 nitrogen and oxygen atoms in total. The third-order valence-corrected chi connectivity index (χ3v) is 7.28. The predicted octanol–water partition coefficient (Wildman–Crippen LogP) is 1.35. The Morgan fingerprint density at radius 2 is 2.15 bits per heavy atom. The molecule has 1 aromatic heterocycles. The predicted molar refractivity (Wildman–Crippen MR) is 100 cm³/mol. The second-order valence-corrected chi connectivity index (χ2v) is 9.51. The SMILES string of the molecule is Cc1ncsc1CN1CC2(C1)CN(CC1CC1)[C@@H](C(=O)N1CCC1)CO2. The largest absolute Gasteiger partial charge is 0.369 e. The van der Waals surface area contributed by atoms with Gasteiger partial charge in [0.1, 0.15) is 11.6 Å². The Morgan fingerprint density at radius 3 is 2.77 bits per heavy atom. The maximum absolute atomic E-state index is 12.8. The molecule has 142 valence electrons. The van der Waals surface area contributed by atoms with Crippen LogP contribution in [0, 0.1) is 12.8 Å². The second kappa shape index (κ2) is 6.55. The van der Waals surface area contributed by atoms with E-state index in [0.29, 0.717) is 12.5 Å². The first-order valence-corrected chi connectivity index (χ1v) is 10.8. The van der Waals surface area contributed by atoms with Crippen molar-refractivity contribution in [1.29, 1.82) is 0 Å². The normalized spacial score (nSPS) is 28.8. The van der Waals surface area contributed by atoms with E-state index in [0.717, 1.165) is 63.8 Å².